The van der Waals surface area contributed by atoms with Crippen molar-refractivity contribution in [3.8, 4) is 11.5 Å². The van der Waals surface area contributed by atoms with Gasteiger partial charge in [-0.1, -0.05) is 31.5 Å². The van der Waals surface area contributed by atoms with Crippen LogP contribution >= 0.6 is 0 Å². The van der Waals surface area contributed by atoms with Gasteiger partial charge in [0, 0.05) is 18.7 Å². The number of aliphatic imine (C=N–C) groups is 1. The Bertz CT molecular complexity index is 577. The third kappa shape index (κ3) is 4.91. The van der Waals surface area contributed by atoms with Gasteiger partial charge in [-0.2, -0.15) is 0 Å². The molecule has 2 aromatic rings. The molecule has 22 heavy (non-hydrogen) atoms. The van der Waals surface area contributed by atoms with Gasteiger partial charge < -0.3 is 15.1 Å². The maximum absolute atomic E-state index is 5.52. The van der Waals surface area contributed by atoms with E-state index in [-0.39, 0.29) is 0 Å². The maximum Gasteiger partial charge on any atom is 0.226 e. The van der Waals surface area contributed by atoms with Gasteiger partial charge in [-0.15, -0.1) is 0 Å². The highest BCUT2D eigenvalue weighted by molar-refractivity contribution is 5.79. The third-order valence-corrected chi connectivity index (χ3v) is 3.14. The fourth-order valence-electron chi connectivity index (χ4n) is 1.98. The lowest BCUT2D eigenvalue weighted by molar-refractivity contribution is 0.572. The third-order valence-electron chi connectivity index (χ3n) is 3.14. The molecule has 1 aromatic heterocycles. The molecule has 0 fully saturated rings. The lowest BCUT2D eigenvalue weighted by Gasteiger charge is -2.10. The predicted molar refractivity (Wildman–Crippen MR) is 89.7 cm³/mol. The summed E-state index contributed by atoms with van der Waals surface area (Å²) in [5, 5.41) is 6.54. The van der Waals surface area contributed by atoms with E-state index < -0.39 is 0 Å². The summed E-state index contributed by atoms with van der Waals surface area (Å²) in [4.78, 5) is 9.01. The normalized spacial score (nSPS) is 11.5. The second kappa shape index (κ2) is 8.87. The van der Waals surface area contributed by atoms with Crippen LogP contribution < -0.4 is 10.6 Å². The Labute approximate surface area is 131 Å². The van der Waals surface area contributed by atoms with E-state index in [2.05, 4.69) is 34.5 Å². The zero-order chi connectivity index (χ0) is 15.6. The van der Waals surface area contributed by atoms with E-state index in [1.807, 2.05) is 30.3 Å². The number of guanidine groups is 1. The summed E-state index contributed by atoms with van der Waals surface area (Å²) in [6.45, 7) is 6.49. The van der Waals surface area contributed by atoms with Gasteiger partial charge in [-0.05, 0) is 25.5 Å². The molecule has 0 saturated heterocycles. The maximum atomic E-state index is 5.52. The zero-order valence-corrected chi connectivity index (χ0v) is 13.3. The van der Waals surface area contributed by atoms with Crippen LogP contribution in [0.4, 0.5) is 0 Å². The topological polar surface area (TPSA) is 62.5 Å². The number of oxazole rings is 1. The monoisotopic (exact) mass is 300 g/mol. The molecule has 2 rings (SSSR count). The van der Waals surface area contributed by atoms with Crippen molar-refractivity contribution in [1.29, 1.82) is 0 Å². The molecule has 5 nitrogen and oxygen atoms in total. The lowest BCUT2D eigenvalue weighted by Crippen LogP contribution is -2.37. The molecule has 1 aromatic carbocycles. The fraction of sp³-hybridized carbons (Fsp3) is 0.412. The average molecular weight is 300 g/mol. The Morgan fingerprint density at radius 1 is 1.18 bits per heavy atom. The van der Waals surface area contributed by atoms with Crippen molar-refractivity contribution in [2.24, 2.45) is 4.99 Å². The summed E-state index contributed by atoms with van der Waals surface area (Å²) in [6.07, 6.45) is 3.96. The van der Waals surface area contributed by atoms with Gasteiger partial charge in [0.05, 0.1) is 6.54 Å². The molecule has 0 aliphatic heterocycles. The van der Waals surface area contributed by atoms with Crippen LogP contribution in [0.3, 0.4) is 0 Å². The van der Waals surface area contributed by atoms with E-state index in [4.69, 9.17) is 4.42 Å². The molecule has 5 heteroatoms. The summed E-state index contributed by atoms with van der Waals surface area (Å²) in [7, 11) is 0. The van der Waals surface area contributed by atoms with Crippen LogP contribution in [0.25, 0.3) is 11.5 Å². The molecule has 0 saturated carbocycles. The second-order valence-electron chi connectivity index (χ2n) is 4.99. The average Bonchev–Trinajstić information content (AvgIpc) is 3.03. The van der Waals surface area contributed by atoms with Crippen LogP contribution in [-0.4, -0.2) is 24.0 Å². The first-order valence-electron chi connectivity index (χ1n) is 7.85. The fourth-order valence-corrected chi connectivity index (χ4v) is 1.98. The Morgan fingerprint density at radius 2 is 2.00 bits per heavy atom. The van der Waals surface area contributed by atoms with Crippen molar-refractivity contribution in [1.82, 2.24) is 15.6 Å². The molecular formula is C17H24N4O. The van der Waals surface area contributed by atoms with Gasteiger partial charge in [-0.25, -0.2) is 9.98 Å². The number of benzene rings is 1. The number of unbranched alkanes of at least 4 members (excludes halogenated alkanes) is 1. The molecule has 0 unspecified atom stereocenters. The number of hydrogen-bond acceptors (Lipinski definition) is 3. The number of aromatic nitrogens is 1. The molecule has 0 amide bonds. The van der Waals surface area contributed by atoms with Gasteiger partial charge >= 0.3 is 0 Å². The van der Waals surface area contributed by atoms with Crippen LogP contribution in [0.2, 0.25) is 0 Å². The lowest BCUT2D eigenvalue weighted by atomic mass is 10.2. The van der Waals surface area contributed by atoms with Gasteiger partial charge in [0.2, 0.25) is 5.89 Å². The van der Waals surface area contributed by atoms with Crippen molar-refractivity contribution in [3.05, 3.63) is 42.3 Å². The van der Waals surface area contributed by atoms with Crippen LogP contribution in [0.1, 0.15) is 32.4 Å². The SMILES string of the molecule is CCCCNC(=NCc1coc(-c2ccccc2)n1)NCC. The van der Waals surface area contributed by atoms with E-state index in [1.54, 1.807) is 6.26 Å². The second-order valence-corrected chi connectivity index (χ2v) is 4.99. The van der Waals surface area contributed by atoms with Gasteiger partial charge in [0.25, 0.3) is 0 Å². The first-order valence-corrected chi connectivity index (χ1v) is 7.85. The largest absolute Gasteiger partial charge is 0.444 e. The molecule has 118 valence electrons. The van der Waals surface area contributed by atoms with Crippen molar-refractivity contribution < 1.29 is 4.42 Å². The molecule has 0 aliphatic carbocycles. The van der Waals surface area contributed by atoms with E-state index in [0.29, 0.717) is 12.4 Å². The number of rotatable bonds is 7. The van der Waals surface area contributed by atoms with Gasteiger partial charge in [-0.3, -0.25) is 0 Å². The van der Waals surface area contributed by atoms with Crippen LogP contribution in [0.15, 0.2) is 46.0 Å². The molecule has 0 bridgehead atoms. The molecular weight excluding hydrogens is 276 g/mol. The molecule has 0 atom stereocenters. The first-order chi connectivity index (χ1) is 10.8. The minimum absolute atomic E-state index is 0.498. The first kappa shape index (κ1) is 16.1. The van der Waals surface area contributed by atoms with E-state index in [0.717, 1.165) is 43.1 Å². The van der Waals surface area contributed by atoms with Gasteiger partial charge in [0.15, 0.2) is 5.96 Å². The molecule has 2 N–H and O–H groups in total. The van der Waals surface area contributed by atoms with Crippen molar-refractivity contribution in [2.45, 2.75) is 33.2 Å². The number of nitrogens with zero attached hydrogens (tertiary/aromatic N) is 2. The van der Waals surface area contributed by atoms with Crippen molar-refractivity contribution >= 4 is 5.96 Å². The summed E-state index contributed by atoms with van der Waals surface area (Å²) in [5.41, 5.74) is 1.80. The number of nitrogens with one attached hydrogen (secondary N) is 2. The van der Waals surface area contributed by atoms with Gasteiger partial charge in [0.1, 0.15) is 12.0 Å². The Hall–Kier alpha value is -2.30. The molecule has 0 radical (unpaired) electrons. The number of hydrogen-bond donors (Lipinski definition) is 2. The summed E-state index contributed by atoms with van der Waals surface area (Å²) in [6, 6.07) is 9.88. The van der Waals surface area contributed by atoms with E-state index >= 15 is 0 Å². The van der Waals surface area contributed by atoms with Crippen LogP contribution in [0.5, 0.6) is 0 Å². The van der Waals surface area contributed by atoms with Crippen molar-refractivity contribution in [3.63, 3.8) is 0 Å². The molecule has 1 heterocycles. The Balaban J connectivity index is 1.97. The Morgan fingerprint density at radius 3 is 2.73 bits per heavy atom. The summed E-state index contributed by atoms with van der Waals surface area (Å²) >= 11 is 0. The minimum atomic E-state index is 0.498. The zero-order valence-electron chi connectivity index (χ0n) is 13.3. The van der Waals surface area contributed by atoms with E-state index in [9.17, 15) is 0 Å². The quantitative estimate of drug-likeness (QED) is 0.468. The highest BCUT2D eigenvalue weighted by Crippen LogP contribution is 2.18. The molecule has 0 spiro atoms. The predicted octanol–water partition coefficient (Wildman–Crippen LogP) is 3.20. The van der Waals surface area contributed by atoms with Crippen LogP contribution in [-0.2, 0) is 6.54 Å². The van der Waals surface area contributed by atoms with E-state index in [1.165, 1.54) is 0 Å². The highest BCUT2D eigenvalue weighted by Gasteiger charge is 2.06. The highest BCUT2D eigenvalue weighted by atomic mass is 16.3. The minimum Gasteiger partial charge on any atom is -0.444 e. The summed E-state index contributed by atoms with van der Waals surface area (Å²) < 4.78 is 5.52. The smallest absolute Gasteiger partial charge is 0.226 e. The summed E-state index contributed by atoms with van der Waals surface area (Å²) in [5.74, 6) is 1.45. The molecule has 0 aliphatic rings. The standard InChI is InChI=1S/C17H24N4O/c1-3-5-11-19-17(18-4-2)20-12-15-13-22-16(21-15)14-9-7-6-8-10-14/h6-10,13H,3-5,11-12H2,1-2H3,(H2,18,19,20). The van der Waals surface area contributed by atoms with Crippen molar-refractivity contribution in [2.75, 3.05) is 13.1 Å². The van der Waals surface area contributed by atoms with Crippen LogP contribution in [0, 0.1) is 0 Å². The Kier molecular flexibility index (Phi) is 6.48.